The average Bonchev–Trinajstić information content (AvgIpc) is 2.66. The van der Waals surface area contributed by atoms with Crippen LogP contribution in [0.15, 0.2) is 53.0 Å². The van der Waals surface area contributed by atoms with Crippen molar-refractivity contribution in [2.24, 2.45) is 0 Å². The van der Waals surface area contributed by atoms with Gasteiger partial charge in [0, 0.05) is 35.2 Å². The standard InChI is InChI=1S/C22H26BrN3O4/c1-22(2,3)30-21(29)24-13-12-19(27)25-14-16-6-4-5-7-18(16)26-20(28)15-8-10-17(23)11-9-15/h4-11H,12-14H2,1-3H3,(H,24,29)(H,25,27)(H,26,28). The number of para-hydroxylation sites is 1. The molecule has 0 aliphatic rings. The van der Waals surface area contributed by atoms with Crippen LogP contribution in [-0.2, 0) is 16.1 Å². The van der Waals surface area contributed by atoms with Crippen LogP contribution in [0.5, 0.6) is 0 Å². The number of ether oxygens (including phenoxy) is 1. The van der Waals surface area contributed by atoms with Crippen molar-refractivity contribution >= 4 is 39.5 Å². The minimum atomic E-state index is -0.587. The number of alkyl carbamates (subject to hydrolysis) is 1. The van der Waals surface area contributed by atoms with Gasteiger partial charge in [-0.3, -0.25) is 9.59 Å². The minimum absolute atomic E-state index is 0.118. The number of rotatable bonds is 7. The van der Waals surface area contributed by atoms with Crippen LogP contribution in [0.3, 0.4) is 0 Å². The first-order valence-corrected chi connectivity index (χ1v) is 10.3. The number of hydrogen-bond acceptors (Lipinski definition) is 4. The second-order valence-corrected chi connectivity index (χ2v) is 8.49. The molecule has 160 valence electrons. The van der Waals surface area contributed by atoms with Gasteiger partial charge in [-0.15, -0.1) is 0 Å². The lowest BCUT2D eigenvalue weighted by atomic mass is 10.1. The van der Waals surface area contributed by atoms with Crippen LogP contribution in [0.4, 0.5) is 10.5 Å². The molecule has 0 unspecified atom stereocenters. The fraction of sp³-hybridized carbons (Fsp3) is 0.318. The van der Waals surface area contributed by atoms with Crippen molar-refractivity contribution in [3.05, 3.63) is 64.1 Å². The SMILES string of the molecule is CC(C)(C)OC(=O)NCCC(=O)NCc1ccccc1NC(=O)c1ccc(Br)cc1. The van der Waals surface area contributed by atoms with Gasteiger partial charge in [0.25, 0.3) is 5.91 Å². The van der Waals surface area contributed by atoms with E-state index >= 15 is 0 Å². The molecule has 0 saturated carbocycles. The fourth-order valence-electron chi connectivity index (χ4n) is 2.47. The van der Waals surface area contributed by atoms with E-state index in [1.165, 1.54) is 0 Å². The zero-order chi connectivity index (χ0) is 22.1. The molecule has 0 heterocycles. The summed E-state index contributed by atoms with van der Waals surface area (Å²) in [6.45, 7) is 5.73. The maximum Gasteiger partial charge on any atom is 0.407 e. The molecule has 2 aromatic rings. The Hall–Kier alpha value is -2.87. The van der Waals surface area contributed by atoms with Crippen molar-refractivity contribution < 1.29 is 19.1 Å². The number of hydrogen-bond donors (Lipinski definition) is 3. The molecule has 0 bridgehead atoms. The van der Waals surface area contributed by atoms with E-state index in [9.17, 15) is 14.4 Å². The predicted octanol–water partition coefficient (Wildman–Crippen LogP) is 4.23. The molecule has 0 aromatic heterocycles. The Morgan fingerprint density at radius 3 is 2.30 bits per heavy atom. The van der Waals surface area contributed by atoms with Gasteiger partial charge >= 0.3 is 6.09 Å². The van der Waals surface area contributed by atoms with Gasteiger partial charge in [-0.2, -0.15) is 0 Å². The summed E-state index contributed by atoms with van der Waals surface area (Å²) in [6.07, 6.45) is -0.441. The molecular weight excluding hydrogens is 450 g/mol. The smallest absolute Gasteiger partial charge is 0.407 e. The quantitative estimate of drug-likeness (QED) is 0.557. The first kappa shape index (κ1) is 23.4. The average molecular weight is 476 g/mol. The van der Waals surface area contributed by atoms with Crippen molar-refractivity contribution in [3.8, 4) is 0 Å². The molecule has 30 heavy (non-hydrogen) atoms. The number of carbonyl (C=O) groups excluding carboxylic acids is 3. The molecule has 0 saturated heterocycles. The van der Waals surface area contributed by atoms with E-state index in [1.807, 2.05) is 18.2 Å². The molecule has 0 spiro atoms. The third kappa shape index (κ3) is 8.24. The molecule has 0 fully saturated rings. The Labute approximate surface area is 184 Å². The van der Waals surface area contributed by atoms with E-state index in [2.05, 4.69) is 31.9 Å². The number of halogens is 1. The molecule has 3 amide bonds. The fourth-order valence-corrected chi connectivity index (χ4v) is 2.73. The third-order valence-corrected chi connectivity index (χ3v) is 4.40. The second kappa shape index (κ2) is 10.8. The number of amides is 3. The molecule has 2 rings (SSSR count). The summed E-state index contributed by atoms with van der Waals surface area (Å²) in [5, 5.41) is 8.21. The van der Waals surface area contributed by atoms with Crippen LogP contribution in [0, 0.1) is 0 Å². The number of carbonyl (C=O) groups is 3. The zero-order valence-electron chi connectivity index (χ0n) is 17.3. The molecule has 3 N–H and O–H groups in total. The summed E-state index contributed by atoms with van der Waals surface area (Å²) in [7, 11) is 0. The van der Waals surface area contributed by atoms with Gasteiger partial charge in [-0.05, 0) is 56.7 Å². The first-order chi connectivity index (χ1) is 14.1. The molecular formula is C22H26BrN3O4. The Morgan fingerprint density at radius 1 is 0.967 bits per heavy atom. The van der Waals surface area contributed by atoms with Gasteiger partial charge < -0.3 is 20.7 Å². The van der Waals surface area contributed by atoms with Crippen LogP contribution < -0.4 is 16.0 Å². The third-order valence-electron chi connectivity index (χ3n) is 3.87. The van der Waals surface area contributed by atoms with E-state index in [0.29, 0.717) is 11.3 Å². The first-order valence-electron chi connectivity index (χ1n) is 9.52. The maximum absolute atomic E-state index is 12.5. The predicted molar refractivity (Wildman–Crippen MR) is 119 cm³/mol. The topological polar surface area (TPSA) is 96.5 Å². The molecule has 8 heteroatoms. The molecule has 0 radical (unpaired) electrons. The van der Waals surface area contributed by atoms with Gasteiger partial charge in [0.2, 0.25) is 5.91 Å². The summed E-state index contributed by atoms with van der Waals surface area (Å²) in [5.41, 5.74) is 1.34. The highest BCUT2D eigenvalue weighted by Crippen LogP contribution is 2.17. The maximum atomic E-state index is 12.5. The van der Waals surface area contributed by atoms with Crippen molar-refractivity contribution in [1.82, 2.24) is 10.6 Å². The Kier molecular flexibility index (Phi) is 8.41. The van der Waals surface area contributed by atoms with Crippen molar-refractivity contribution in [2.45, 2.75) is 39.3 Å². The summed E-state index contributed by atoms with van der Waals surface area (Å²) >= 11 is 3.34. The van der Waals surface area contributed by atoms with Crippen molar-refractivity contribution in [1.29, 1.82) is 0 Å². The summed E-state index contributed by atoms with van der Waals surface area (Å²) in [4.78, 5) is 36.1. The number of benzene rings is 2. The van der Waals surface area contributed by atoms with Crippen molar-refractivity contribution in [3.63, 3.8) is 0 Å². The normalized spacial score (nSPS) is 10.8. The van der Waals surface area contributed by atoms with Gasteiger partial charge in [-0.25, -0.2) is 4.79 Å². The van der Waals surface area contributed by atoms with Crippen LogP contribution >= 0.6 is 15.9 Å². The second-order valence-electron chi connectivity index (χ2n) is 7.57. The summed E-state index contributed by atoms with van der Waals surface area (Å²) in [6, 6.07) is 14.3. The van der Waals surface area contributed by atoms with Crippen LogP contribution in [0.25, 0.3) is 0 Å². The van der Waals surface area contributed by atoms with E-state index in [4.69, 9.17) is 4.74 Å². The Balaban J connectivity index is 1.84. The van der Waals surface area contributed by atoms with Crippen LogP contribution in [-0.4, -0.2) is 30.1 Å². The molecule has 0 atom stereocenters. The zero-order valence-corrected chi connectivity index (χ0v) is 18.8. The lowest BCUT2D eigenvalue weighted by molar-refractivity contribution is -0.121. The molecule has 0 aliphatic carbocycles. The van der Waals surface area contributed by atoms with E-state index in [1.54, 1.807) is 51.1 Å². The molecule has 0 aliphatic heterocycles. The lowest BCUT2D eigenvalue weighted by Gasteiger charge is -2.19. The van der Waals surface area contributed by atoms with Crippen LogP contribution in [0.1, 0.15) is 43.1 Å². The van der Waals surface area contributed by atoms with E-state index < -0.39 is 11.7 Å². The lowest BCUT2D eigenvalue weighted by Crippen LogP contribution is -2.35. The highest BCUT2D eigenvalue weighted by Gasteiger charge is 2.16. The van der Waals surface area contributed by atoms with E-state index in [-0.39, 0.29) is 31.3 Å². The van der Waals surface area contributed by atoms with Gasteiger partial charge in [-0.1, -0.05) is 34.1 Å². The Morgan fingerprint density at radius 2 is 1.63 bits per heavy atom. The highest BCUT2D eigenvalue weighted by molar-refractivity contribution is 9.10. The molecule has 7 nitrogen and oxygen atoms in total. The van der Waals surface area contributed by atoms with Gasteiger partial charge in [0.05, 0.1) is 0 Å². The largest absolute Gasteiger partial charge is 0.444 e. The molecule has 2 aromatic carbocycles. The minimum Gasteiger partial charge on any atom is -0.444 e. The Bertz CT molecular complexity index is 892. The van der Waals surface area contributed by atoms with E-state index in [0.717, 1.165) is 10.0 Å². The highest BCUT2D eigenvalue weighted by atomic mass is 79.9. The van der Waals surface area contributed by atoms with Crippen molar-refractivity contribution in [2.75, 3.05) is 11.9 Å². The number of anilines is 1. The van der Waals surface area contributed by atoms with Gasteiger partial charge in [0.15, 0.2) is 0 Å². The van der Waals surface area contributed by atoms with Gasteiger partial charge in [0.1, 0.15) is 5.60 Å². The monoisotopic (exact) mass is 475 g/mol. The van der Waals surface area contributed by atoms with Crippen LogP contribution in [0.2, 0.25) is 0 Å². The number of nitrogens with one attached hydrogen (secondary N) is 3. The summed E-state index contributed by atoms with van der Waals surface area (Å²) < 4.78 is 6.01. The summed E-state index contributed by atoms with van der Waals surface area (Å²) in [5.74, 6) is -0.456.